The van der Waals surface area contributed by atoms with Crippen molar-refractivity contribution in [2.24, 2.45) is 5.73 Å². The predicted molar refractivity (Wildman–Crippen MR) is 60.2 cm³/mol. The first-order chi connectivity index (χ1) is 6.97. The maximum atomic E-state index is 13.4. The van der Waals surface area contributed by atoms with Crippen LogP contribution in [0.3, 0.4) is 0 Å². The second-order valence-electron chi connectivity index (χ2n) is 4.64. The van der Waals surface area contributed by atoms with Crippen LogP contribution in [0.5, 0.6) is 0 Å². The minimum atomic E-state index is -0.276. The standard InChI is InChI=1S/C12H15FN2/c1-12(2,14)6-8-7-15-11-9(8)4-3-5-10(11)13/h3-5,7,15H,6,14H2,1-2H3. The van der Waals surface area contributed by atoms with Crippen molar-refractivity contribution < 1.29 is 4.39 Å². The van der Waals surface area contributed by atoms with Gasteiger partial charge in [0.05, 0.1) is 5.52 Å². The molecule has 2 rings (SSSR count). The van der Waals surface area contributed by atoms with E-state index in [4.69, 9.17) is 5.73 Å². The molecule has 0 aliphatic rings. The fraction of sp³-hybridized carbons (Fsp3) is 0.333. The second kappa shape index (κ2) is 3.35. The summed E-state index contributed by atoms with van der Waals surface area (Å²) in [5, 5.41) is 0.925. The number of benzene rings is 1. The third-order valence-corrected chi connectivity index (χ3v) is 2.40. The maximum Gasteiger partial charge on any atom is 0.147 e. The van der Waals surface area contributed by atoms with E-state index in [1.165, 1.54) is 6.07 Å². The minimum Gasteiger partial charge on any atom is -0.359 e. The number of aromatic amines is 1. The molecule has 0 unspecified atom stereocenters. The quantitative estimate of drug-likeness (QED) is 0.779. The average Bonchev–Trinajstić information content (AvgIpc) is 2.48. The van der Waals surface area contributed by atoms with Crippen LogP contribution in [-0.4, -0.2) is 10.5 Å². The Morgan fingerprint density at radius 3 is 2.80 bits per heavy atom. The van der Waals surface area contributed by atoms with Crippen molar-refractivity contribution in [2.75, 3.05) is 0 Å². The zero-order valence-electron chi connectivity index (χ0n) is 8.97. The van der Waals surface area contributed by atoms with Gasteiger partial charge < -0.3 is 10.7 Å². The summed E-state index contributed by atoms with van der Waals surface area (Å²) in [7, 11) is 0. The van der Waals surface area contributed by atoms with Gasteiger partial charge in [-0.15, -0.1) is 0 Å². The van der Waals surface area contributed by atoms with Gasteiger partial charge in [0.15, 0.2) is 0 Å². The van der Waals surface area contributed by atoms with Crippen LogP contribution < -0.4 is 5.73 Å². The molecule has 80 valence electrons. The molecule has 3 N–H and O–H groups in total. The topological polar surface area (TPSA) is 41.8 Å². The van der Waals surface area contributed by atoms with Gasteiger partial charge in [0.25, 0.3) is 0 Å². The van der Waals surface area contributed by atoms with Crippen LogP contribution in [0.2, 0.25) is 0 Å². The van der Waals surface area contributed by atoms with Gasteiger partial charge >= 0.3 is 0 Å². The highest BCUT2D eigenvalue weighted by Gasteiger charge is 2.15. The van der Waals surface area contributed by atoms with E-state index in [0.29, 0.717) is 5.52 Å². The summed E-state index contributed by atoms with van der Waals surface area (Å²) in [5.41, 5.74) is 7.30. The number of H-pyrrole nitrogens is 1. The summed E-state index contributed by atoms with van der Waals surface area (Å²) in [4.78, 5) is 2.95. The van der Waals surface area contributed by atoms with Crippen LogP contribution >= 0.6 is 0 Å². The first-order valence-corrected chi connectivity index (χ1v) is 5.01. The molecule has 1 heterocycles. The molecule has 0 saturated heterocycles. The lowest BCUT2D eigenvalue weighted by Crippen LogP contribution is -2.34. The summed E-state index contributed by atoms with van der Waals surface area (Å²) < 4.78 is 13.4. The Labute approximate surface area is 88.3 Å². The highest BCUT2D eigenvalue weighted by atomic mass is 19.1. The molecule has 2 nitrogen and oxygen atoms in total. The Bertz CT molecular complexity index is 480. The fourth-order valence-corrected chi connectivity index (χ4v) is 1.81. The zero-order valence-corrected chi connectivity index (χ0v) is 8.97. The van der Waals surface area contributed by atoms with Gasteiger partial charge in [-0.25, -0.2) is 4.39 Å². The number of hydrogen-bond donors (Lipinski definition) is 2. The number of halogens is 1. The van der Waals surface area contributed by atoms with Crippen molar-refractivity contribution in [1.82, 2.24) is 4.98 Å². The van der Waals surface area contributed by atoms with Gasteiger partial charge in [-0.1, -0.05) is 12.1 Å². The molecule has 0 bridgehead atoms. The van der Waals surface area contributed by atoms with Crippen molar-refractivity contribution in [3.05, 3.63) is 35.8 Å². The van der Waals surface area contributed by atoms with E-state index >= 15 is 0 Å². The monoisotopic (exact) mass is 206 g/mol. The Hall–Kier alpha value is -1.35. The van der Waals surface area contributed by atoms with E-state index in [1.807, 2.05) is 26.1 Å². The summed E-state index contributed by atoms with van der Waals surface area (Å²) in [6.45, 7) is 3.93. The highest BCUT2D eigenvalue weighted by molar-refractivity contribution is 5.83. The number of nitrogens with two attached hydrogens (primary N) is 1. The molecular weight excluding hydrogens is 191 g/mol. The van der Waals surface area contributed by atoms with Gasteiger partial charge in [0.1, 0.15) is 5.82 Å². The number of fused-ring (bicyclic) bond motifs is 1. The average molecular weight is 206 g/mol. The van der Waals surface area contributed by atoms with Crippen LogP contribution in [0.15, 0.2) is 24.4 Å². The largest absolute Gasteiger partial charge is 0.359 e. The van der Waals surface area contributed by atoms with E-state index in [9.17, 15) is 4.39 Å². The third-order valence-electron chi connectivity index (χ3n) is 2.40. The normalized spacial score (nSPS) is 12.3. The molecule has 0 radical (unpaired) electrons. The first kappa shape index (κ1) is 10.2. The first-order valence-electron chi connectivity index (χ1n) is 5.01. The van der Waals surface area contributed by atoms with E-state index < -0.39 is 0 Å². The molecule has 0 aliphatic heterocycles. The minimum absolute atomic E-state index is 0.214. The Morgan fingerprint density at radius 2 is 2.13 bits per heavy atom. The highest BCUT2D eigenvalue weighted by Crippen LogP contribution is 2.23. The predicted octanol–water partition coefficient (Wildman–Crippen LogP) is 2.59. The number of para-hydroxylation sites is 1. The van der Waals surface area contributed by atoms with Crippen LogP contribution in [0.4, 0.5) is 4.39 Å². The second-order valence-corrected chi connectivity index (χ2v) is 4.64. The molecule has 3 heteroatoms. The van der Waals surface area contributed by atoms with Crippen molar-refractivity contribution in [1.29, 1.82) is 0 Å². The van der Waals surface area contributed by atoms with Crippen LogP contribution in [0.25, 0.3) is 10.9 Å². The number of aromatic nitrogens is 1. The summed E-state index contributed by atoms with van der Waals surface area (Å²) in [6.07, 6.45) is 2.57. The molecule has 0 amide bonds. The Kier molecular flexibility index (Phi) is 2.27. The summed E-state index contributed by atoms with van der Waals surface area (Å²) in [6, 6.07) is 5.09. The Morgan fingerprint density at radius 1 is 1.40 bits per heavy atom. The lowest BCUT2D eigenvalue weighted by molar-refractivity contribution is 0.518. The van der Waals surface area contributed by atoms with Gasteiger partial charge in [-0.05, 0) is 31.9 Å². The van der Waals surface area contributed by atoms with Crippen molar-refractivity contribution in [2.45, 2.75) is 25.8 Å². The van der Waals surface area contributed by atoms with Crippen molar-refractivity contribution in [3.8, 4) is 0 Å². The van der Waals surface area contributed by atoms with Gasteiger partial charge in [-0.3, -0.25) is 0 Å². The van der Waals surface area contributed by atoms with Gasteiger partial charge in [0.2, 0.25) is 0 Å². The lowest BCUT2D eigenvalue weighted by Gasteiger charge is -2.17. The molecule has 15 heavy (non-hydrogen) atoms. The van der Waals surface area contributed by atoms with E-state index in [1.54, 1.807) is 6.07 Å². The molecule has 0 fully saturated rings. The molecule has 2 aromatic rings. The van der Waals surface area contributed by atoms with E-state index in [2.05, 4.69) is 4.98 Å². The smallest absolute Gasteiger partial charge is 0.147 e. The lowest BCUT2D eigenvalue weighted by atomic mass is 9.96. The van der Waals surface area contributed by atoms with Crippen LogP contribution in [-0.2, 0) is 6.42 Å². The molecule has 0 atom stereocenters. The molecule has 1 aromatic carbocycles. The van der Waals surface area contributed by atoms with Gasteiger partial charge in [-0.2, -0.15) is 0 Å². The number of nitrogens with one attached hydrogen (secondary N) is 1. The van der Waals surface area contributed by atoms with E-state index in [-0.39, 0.29) is 11.4 Å². The molecule has 0 saturated carbocycles. The Balaban J connectivity index is 2.50. The summed E-state index contributed by atoms with van der Waals surface area (Å²) >= 11 is 0. The van der Waals surface area contributed by atoms with E-state index in [0.717, 1.165) is 17.4 Å². The zero-order chi connectivity index (χ0) is 11.1. The molecular formula is C12H15FN2. The van der Waals surface area contributed by atoms with Gasteiger partial charge in [0, 0.05) is 17.1 Å². The summed E-state index contributed by atoms with van der Waals surface area (Å²) in [5.74, 6) is -0.214. The molecule has 0 aliphatic carbocycles. The van der Waals surface area contributed by atoms with Crippen LogP contribution in [0.1, 0.15) is 19.4 Å². The number of rotatable bonds is 2. The fourth-order valence-electron chi connectivity index (χ4n) is 1.81. The van der Waals surface area contributed by atoms with Crippen molar-refractivity contribution >= 4 is 10.9 Å². The third kappa shape index (κ3) is 2.02. The van der Waals surface area contributed by atoms with Crippen molar-refractivity contribution in [3.63, 3.8) is 0 Å². The maximum absolute atomic E-state index is 13.4. The molecule has 1 aromatic heterocycles. The SMILES string of the molecule is CC(C)(N)Cc1c[nH]c2c(F)cccc12. The van der Waals surface area contributed by atoms with Crippen LogP contribution in [0, 0.1) is 5.82 Å². The number of hydrogen-bond acceptors (Lipinski definition) is 1. The molecule has 0 spiro atoms.